The van der Waals surface area contributed by atoms with E-state index in [1.807, 2.05) is 6.07 Å². The normalized spacial score (nSPS) is 28.7. The minimum atomic E-state index is -0.0167. The molecule has 0 amide bonds. The first kappa shape index (κ1) is 13.4. The van der Waals surface area contributed by atoms with Crippen molar-refractivity contribution < 1.29 is 4.74 Å². The second kappa shape index (κ2) is 5.75. The molecule has 2 N–H and O–H groups in total. The Morgan fingerprint density at radius 1 is 1.33 bits per heavy atom. The minimum Gasteiger partial charge on any atom is -0.497 e. The highest BCUT2D eigenvalue weighted by atomic mass is 16.5. The average molecular weight is 247 g/mol. The van der Waals surface area contributed by atoms with Crippen molar-refractivity contribution in [1.29, 1.82) is 0 Å². The van der Waals surface area contributed by atoms with Gasteiger partial charge in [-0.15, -0.1) is 0 Å². The Hall–Kier alpha value is -1.02. The number of benzene rings is 1. The van der Waals surface area contributed by atoms with Gasteiger partial charge in [-0.2, -0.15) is 0 Å². The van der Waals surface area contributed by atoms with Crippen LogP contribution in [0.5, 0.6) is 5.75 Å². The Labute approximate surface area is 111 Å². The van der Waals surface area contributed by atoms with Gasteiger partial charge in [0.25, 0.3) is 0 Å². The van der Waals surface area contributed by atoms with E-state index in [0.717, 1.165) is 30.9 Å². The van der Waals surface area contributed by atoms with E-state index in [-0.39, 0.29) is 5.54 Å². The summed E-state index contributed by atoms with van der Waals surface area (Å²) in [5.74, 6) is 1.76. The van der Waals surface area contributed by atoms with E-state index < -0.39 is 0 Å². The molecule has 0 heterocycles. The SMILES string of the molecule is COc1cccc(CC2(N)CCCC(C)CC2)c1. The quantitative estimate of drug-likeness (QED) is 0.829. The average Bonchev–Trinajstić information content (AvgIpc) is 2.52. The molecule has 1 aromatic carbocycles. The lowest BCUT2D eigenvalue weighted by Gasteiger charge is -2.28. The standard InChI is InChI=1S/C16H25NO/c1-13-5-4-9-16(17,10-8-13)12-14-6-3-7-15(11-14)18-2/h3,6-7,11,13H,4-5,8-10,12,17H2,1-2H3. The van der Waals surface area contributed by atoms with Crippen molar-refractivity contribution in [3.63, 3.8) is 0 Å². The molecule has 1 aromatic rings. The van der Waals surface area contributed by atoms with Crippen molar-refractivity contribution >= 4 is 0 Å². The van der Waals surface area contributed by atoms with E-state index in [1.54, 1.807) is 7.11 Å². The zero-order chi connectivity index (χ0) is 13.0. The second-order valence-corrected chi connectivity index (χ2v) is 5.93. The summed E-state index contributed by atoms with van der Waals surface area (Å²) in [4.78, 5) is 0. The Balaban J connectivity index is 2.06. The van der Waals surface area contributed by atoms with Gasteiger partial charge in [-0.05, 0) is 49.3 Å². The van der Waals surface area contributed by atoms with Gasteiger partial charge in [0.1, 0.15) is 5.75 Å². The maximum Gasteiger partial charge on any atom is 0.119 e. The highest BCUT2D eigenvalue weighted by molar-refractivity contribution is 5.29. The van der Waals surface area contributed by atoms with Crippen molar-refractivity contribution in [3.8, 4) is 5.75 Å². The number of nitrogens with two attached hydrogens (primary N) is 1. The Bertz CT molecular complexity index is 390. The third kappa shape index (κ3) is 3.49. The van der Waals surface area contributed by atoms with E-state index in [9.17, 15) is 0 Å². The van der Waals surface area contributed by atoms with Crippen LogP contribution >= 0.6 is 0 Å². The van der Waals surface area contributed by atoms with Gasteiger partial charge in [0.2, 0.25) is 0 Å². The Kier molecular flexibility index (Phi) is 4.28. The molecular weight excluding hydrogens is 222 g/mol. The molecule has 2 rings (SSSR count). The molecule has 2 heteroatoms. The van der Waals surface area contributed by atoms with Gasteiger partial charge in [-0.1, -0.05) is 31.9 Å². The number of rotatable bonds is 3. The highest BCUT2D eigenvalue weighted by Crippen LogP contribution is 2.31. The summed E-state index contributed by atoms with van der Waals surface area (Å²) in [7, 11) is 1.71. The molecular formula is C16H25NO. The van der Waals surface area contributed by atoms with Gasteiger partial charge >= 0.3 is 0 Å². The van der Waals surface area contributed by atoms with E-state index in [2.05, 4.69) is 25.1 Å². The molecule has 0 saturated heterocycles. The van der Waals surface area contributed by atoms with Crippen LogP contribution in [0.2, 0.25) is 0 Å². The number of ether oxygens (including phenoxy) is 1. The van der Waals surface area contributed by atoms with E-state index in [0.29, 0.717) is 0 Å². The maximum atomic E-state index is 6.60. The molecule has 1 aliphatic rings. The first-order valence-electron chi connectivity index (χ1n) is 7.03. The Morgan fingerprint density at radius 2 is 2.17 bits per heavy atom. The molecule has 2 atom stereocenters. The third-order valence-electron chi connectivity index (χ3n) is 4.20. The lowest BCUT2D eigenvalue weighted by molar-refractivity contribution is 0.362. The summed E-state index contributed by atoms with van der Waals surface area (Å²) >= 11 is 0. The van der Waals surface area contributed by atoms with Crippen molar-refractivity contribution in [2.45, 2.75) is 51.0 Å². The van der Waals surface area contributed by atoms with Gasteiger partial charge in [-0.3, -0.25) is 0 Å². The maximum absolute atomic E-state index is 6.60. The van der Waals surface area contributed by atoms with Crippen LogP contribution in [-0.4, -0.2) is 12.6 Å². The zero-order valence-electron chi connectivity index (χ0n) is 11.6. The van der Waals surface area contributed by atoms with Crippen molar-refractivity contribution in [1.82, 2.24) is 0 Å². The van der Waals surface area contributed by atoms with Gasteiger partial charge in [0.15, 0.2) is 0 Å². The third-order valence-corrected chi connectivity index (χ3v) is 4.20. The second-order valence-electron chi connectivity index (χ2n) is 5.93. The molecule has 100 valence electrons. The molecule has 1 fully saturated rings. The van der Waals surface area contributed by atoms with Gasteiger partial charge in [-0.25, -0.2) is 0 Å². The molecule has 18 heavy (non-hydrogen) atoms. The van der Waals surface area contributed by atoms with E-state index in [1.165, 1.54) is 24.8 Å². The summed E-state index contributed by atoms with van der Waals surface area (Å²) in [6, 6.07) is 8.31. The van der Waals surface area contributed by atoms with Gasteiger partial charge in [0, 0.05) is 5.54 Å². The molecule has 1 saturated carbocycles. The minimum absolute atomic E-state index is 0.0167. The van der Waals surface area contributed by atoms with Crippen molar-refractivity contribution in [2.24, 2.45) is 11.7 Å². The summed E-state index contributed by atoms with van der Waals surface area (Å²) in [5.41, 5.74) is 7.88. The molecule has 0 spiro atoms. The van der Waals surface area contributed by atoms with Crippen molar-refractivity contribution in [2.75, 3.05) is 7.11 Å². The monoisotopic (exact) mass is 247 g/mol. The largest absolute Gasteiger partial charge is 0.497 e. The number of hydrogen-bond donors (Lipinski definition) is 1. The molecule has 0 aliphatic heterocycles. The fourth-order valence-electron chi connectivity index (χ4n) is 2.97. The van der Waals surface area contributed by atoms with Crippen molar-refractivity contribution in [3.05, 3.63) is 29.8 Å². The highest BCUT2D eigenvalue weighted by Gasteiger charge is 2.28. The number of methoxy groups -OCH3 is 1. The first-order chi connectivity index (χ1) is 8.61. The van der Waals surface area contributed by atoms with Crippen LogP contribution in [0.4, 0.5) is 0 Å². The molecule has 0 bridgehead atoms. The van der Waals surface area contributed by atoms with E-state index >= 15 is 0 Å². The molecule has 0 aromatic heterocycles. The lowest BCUT2D eigenvalue weighted by atomic mass is 9.84. The van der Waals surface area contributed by atoms with Crippen LogP contribution in [0.25, 0.3) is 0 Å². The molecule has 0 radical (unpaired) electrons. The van der Waals surface area contributed by atoms with Crippen LogP contribution < -0.4 is 10.5 Å². The Morgan fingerprint density at radius 3 is 2.94 bits per heavy atom. The topological polar surface area (TPSA) is 35.2 Å². The predicted molar refractivity (Wildman–Crippen MR) is 75.9 cm³/mol. The van der Waals surface area contributed by atoms with E-state index in [4.69, 9.17) is 10.5 Å². The van der Waals surface area contributed by atoms with Gasteiger partial charge < -0.3 is 10.5 Å². The van der Waals surface area contributed by atoms with Crippen LogP contribution in [0.15, 0.2) is 24.3 Å². The number of hydrogen-bond acceptors (Lipinski definition) is 2. The summed E-state index contributed by atoms with van der Waals surface area (Å²) in [6.07, 6.45) is 7.12. The van der Waals surface area contributed by atoms with Crippen LogP contribution in [-0.2, 0) is 6.42 Å². The van der Waals surface area contributed by atoms with Crippen LogP contribution in [0, 0.1) is 5.92 Å². The van der Waals surface area contributed by atoms with Crippen LogP contribution in [0.1, 0.15) is 44.6 Å². The zero-order valence-corrected chi connectivity index (χ0v) is 11.6. The summed E-state index contributed by atoms with van der Waals surface area (Å²) in [6.45, 7) is 2.34. The molecule has 2 nitrogen and oxygen atoms in total. The molecule has 1 aliphatic carbocycles. The summed E-state index contributed by atoms with van der Waals surface area (Å²) in [5, 5.41) is 0. The fraction of sp³-hybridized carbons (Fsp3) is 0.625. The predicted octanol–water partition coefficient (Wildman–Crippen LogP) is 3.54. The van der Waals surface area contributed by atoms with Crippen LogP contribution in [0.3, 0.4) is 0 Å². The van der Waals surface area contributed by atoms with Gasteiger partial charge in [0.05, 0.1) is 7.11 Å². The molecule has 2 unspecified atom stereocenters. The first-order valence-corrected chi connectivity index (χ1v) is 7.03. The lowest BCUT2D eigenvalue weighted by Crippen LogP contribution is -2.41. The fourth-order valence-corrected chi connectivity index (χ4v) is 2.97. The smallest absolute Gasteiger partial charge is 0.119 e. The summed E-state index contributed by atoms with van der Waals surface area (Å²) < 4.78 is 5.28.